The third-order valence-corrected chi connectivity index (χ3v) is 3.63. The minimum atomic E-state index is -0.163. The van der Waals surface area contributed by atoms with Gasteiger partial charge in [0.15, 0.2) is 0 Å². The zero-order valence-electron chi connectivity index (χ0n) is 9.92. The van der Waals surface area contributed by atoms with Crippen LogP contribution in [0.5, 0.6) is 0 Å². The SMILES string of the molecule is Cc1cccc(NC(=O)NC2CCCC2)c1Cl. The highest BCUT2D eigenvalue weighted by Gasteiger charge is 2.17. The third kappa shape index (κ3) is 3.13. The summed E-state index contributed by atoms with van der Waals surface area (Å²) in [4.78, 5) is 11.8. The van der Waals surface area contributed by atoms with Crippen molar-refractivity contribution in [2.45, 2.75) is 38.6 Å². The largest absolute Gasteiger partial charge is 0.335 e. The predicted molar refractivity (Wildman–Crippen MR) is 70.6 cm³/mol. The number of benzene rings is 1. The summed E-state index contributed by atoms with van der Waals surface area (Å²) in [6.45, 7) is 1.92. The molecule has 0 aromatic heterocycles. The summed E-state index contributed by atoms with van der Waals surface area (Å²) in [6, 6.07) is 5.77. The number of aryl methyl sites for hydroxylation is 1. The number of nitrogens with one attached hydrogen (secondary N) is 2. The fourth-order valence-electron chi connectivity index (χ4n) is 2.16. The van der Waals surface area contributed by atoms with Gasteiger partial charge in [0.25, 0.3) is 0 Å². The van der Waals surface area contributed by atoms with Gasteiger partial charge in [-0.05, 0) is 31.4 Å². The van der Waals surface area contributed by atoms with Gasteiger partial charge in [-0.2, -0.15) is 0 Å². The Hall–Kier alpha value is -1.22. The van der Waals surface area contributed by atoms with Gasteiger partial charge >= 0.3 is 6.03 Å². The molecule has 0 heterocycles. The van der Waals surface area contributed by atoms with Crippen molar-refractivity contribution in [2.24, 2.45) is 0 Å². The molecule has 1 aliphatic rings. The molecule has 0 saturated heterocycles. The molecule has 4 heteroatoms. The number of hydrogen-bond acceptors (Lipinski definition) is 1. The molecule has 1 aliphatic carbocycles. The van der Waals surface area contributed by atoms with Gasteiger partial charge < -0.3 is 10.6 Å². The molecule has 2 amide bonds. The molecule has 1 fully saturated rings. The van der Waals surface area contributed by atoms with Crippen LogP contribution in [0.1, 0.15) is 31.2 Å². The Bertz CT molecular complexity index is 414. The van der Waals surface area contributed by atoms with Crippen molar-refractivity contribution in [2.75, 3.05) is 5.32 Å². The van der Waals surface area contributed by atoms with Crippen molar-refractivity contribution in [1.82, 2.24) is 5.32 Å². The first-order valence-electron chi connectivity index (χ1n) is 5.99. The maximum Gasteiger partial charge on any atom is 0.319 e. The number of hydrogen-bond donors (Lipinski definition) is 2. The maximum absolute atomic E-state index is 11.8. The van der Waals surface area contributed by atoms with Gasteiger partial charge in [0, 0.05) is 6.04 Å². The molecule has 2 rings (SSSR count). The topological polar surface area (TPSA) is 41.1 Å². The monoisotopic (exact) mass is 252 g/mol. The van der Waals surface area contributed by atoms with Crippen LogP contribution in [-0.4, -0.2) is 12.1 Å². The molecule has 3 nitrogen and oxygen atoms in total. The molecule has 1 aromatic carbocycles. The van der Waals surface area contributed by atoms with Crippen LogP contribution in [0.15, 0.2) is 18.2 Å². The van der Waals surface area contributed by atoms with Crippen molar-refractivity contribution in [1.29, 1.82) is 0 Å². The summed E-state index contributed by atoms with van der Waals surface area (Å²) in [5.74, 6) is 0. The lowest BCUT2D eigenvalue weighted by Crippen LogP contribution is -2.36. The van der Waals surface area contributed by atoms with E-state index in [1.54, 1.807) is 0 Å². The summed E-state index contributed by atoms with van der Waals surface area (Å²) in [7, 11) is 0. The van der Waals surface area contributed by atoms with Crippen molar-refractivity contribution in [3.63, 3.8) is 0 Å². The molecule has 92 valence electrons. The zero-order chi connectivity index (χ0) is 12.3. The van der Waals surface area contributed by atoms with Crippen molar-refractivity contribution in [3.8, 4) is 0 Å². The number of urea groups is 1. The van der Waals surface area contributed by atoms with E-state index in [4.69, 9.17) is 11.6 Å². The number of amides is 2. The molecule has 0 bridgehead atoms. The van der Waals surface area contributed by atoms with E-state index >= 15 is 0 Å². The van der Waals surface area contributed by atoms with Crippen LogP contribution in [0.2, 0.25) is 5.02 Å². The highest BCUT2D eigenvalue weighted by molar-refractivity contribution is 6.34. The summed E-state index contributed by atoms with van der Waals surface area (Å²) >= 11 is 6.11. The normalized spacial score (nSPS) is 15.9. The minimum absolute atomic E-state index is 0.163. The van der Waals surface area contributed by atoms with E-state index in [2.05, 4.69) is 10.6 Å². The molecular formula is C13H17ClN2O. The summed E-state index contributed by atoms with van der Waals surface area (Å²) in [5, 5.41) is 6.37. The molecule has 17 heavy (non-hydrogen) atoms. The molecule has 0 aliphatic heterocycles. The zero-order valence-corrected chi connectivity index (χ0v) is 10.7. The van der Waals surface area contributed by atoms with Crippen LogP contribution in [0.4, 0.5) is 10.5 Å². The molecule has 0 unspecified atom stereocenters. The van der Waals surface area contributed by atoms with Gasteiger partial charge in [-0.1, -0.05) is 36.6 Å². The van der Waals surface area contributed by atoms with Crippen LogP contribution < -0.4 is 10.6 Å². The molecule has 2 N–H and O–H groups in total. The second-order valence-corrected chi connectivity index (χ2v) is 4.89. The second kappa shape index (κ2) is 5.41. The average molecular weight is 253 g/mol. The van der Waals surface area contributed by atoms with Crippen molar-refractivity contribution < 1.29 is 4.79 Å². The van der Waals surface area contributed by atoms with Gasteiger partial charge in [0.1, 0.15) is 0 Å². The summed E-state index contributed by atoms with van der Waals surface area (Å²) in [5.41, 5.74) is 1.63. The Morgan fingerprint density at radius 2 is 2.06 bits per heavy atom. The van der Waals surface area contributed by atoms with Crippen LogP contribution in [-0.2, 0) is 0 Å². The van der Waals surface area contributed by atoms with Crippen LogP contribution in [0.3, 0.4) is 0 Å². The molecule has 1 aromatic rings. The maximum atomic E-state index is 11.8. The molecule has 0 spiro atoms. The second-order valence-electron chi connectivity index (χ2n) is 4.52. The standard InChI is InChI=1S/C13H17ClN2O/c1-9-5-4-8-11(12(9)14)16-13(17)15-10-6-2-3-7-10/h4-5,8,10H,2-3,6-7H2,1H3,(H2,15,16,17). The van der Waals surface area contributed by atoms with Gasteiger partial charge in [0.2, 0.25) is 0 Å². The Morgan fingerprint density at radius 1 is 1.35 bits per heavy atom. The third-order valence-electron chi connectivity index (χ3n) is 3.13. The van der Waals surface area contributed by atoms with Crippen LogP contribution in [0.25, 0.3) is 0 Å². The van der Waals surface area contributed by atoms with E-state index in [0.717, 1.165) is 18.4 Å². The number of carbonyl (C=O) groups excluding carboxylic acids is 1. The lowest BCUT2D eigenvalue weighted by atomic mass is 10.2. The molecule has 0 atom stereocenters. The lowest BCUT2D eigenvalue weighted by molar-refractivity contribution is 0.248. The van der Waals surface area contributed by atoms with Crippen LogP contribution in [0, 0.1) is 6.92 Å². The van der Waals surface area contributed by atoms with E-state index in [9.17, 15) is 4.79 Å². The van der Waals surface area contributed by atoms with Gasteiger partial charge in [-0.25, -0.2) is 4.79 Å². The number of rotatable bonds is 2. The smallest absolute Gasteiger partial charge is 0.319 e. The molecular weight excluding hydrogens is 236 g/mol. The Kier molecular flexibility index (Phi) is 3.89. The minimum Gasteiger partial charge on any atom is -0.335 e. The van der Waals surface area contributed by atoms with Crippen LogP contribution >= 0.6 is 11.6 Å². The highest BCUT2D eigenvalue weighted by Crippen LogP contribution is 2.25. The quantitative estimate of drug-likeness (QED) is 0.828. The number of carbonyl (C=O) groups is 1. The number of anilines is 1. The van der Waals surface area contributed by atoms with E-state index in [-0.39, 0.29) is 6.03 Å². The first-order chi connectivity index (χ1) is 8.16. The summed E-state index contributed by atoms with van der Waals surface area (Å²) in [6.07, 6.45) is 4.57. The van der Waals surface area contributed by atoms with E-state index in [0.29, 0.717) is 16.8 Å². The summed E-state index contributed by atoms with van der Waals surface area (Å²) < 4.78 is 0. The predicted octanol–water partition coefficient (Wildman–Crippen LogP) is 3.71. The average Bonchev–Trinajstić information content (AvgIpc) is 2.77. The lowest BCUT2D eigenvalue weighted by Gasteiger charge is -2.14. The van der Waals surface area contributed by atoms with Gasteiger partial charge in [-0.15, -0.1) is 0 Å². The molecule has 0 radical (unpaired) electrons. The fraction of sp³-hybridized carbons (Fsp3) is 0.462. The van der Waals surface area contributed by atoms with E-state index in [1.165, 1.54) is 12.8 Å². The van der Waals surface area contributed by atoms with Crippen molar-refractivity contribution in [3.05, 3.63) is 28.8 Å². The van der Waals surface area contributed by atoms with E-state index < -0.39 is 0 Å². The van der Waals surface area contributed by atoms with Gasteiger partial charge in [-0.3, -0.25) is 0 Å². The number of halogens is 1. The van der Waals surface area contributed by atoms with Gasteiger partial charge in [0.05, 0.1) is 10.7 Å². The Balaban J connectivity index is 1.95. The fourth-order valence-corrected chi connectivity index (χ4v) is 2.33. The first-order valence-corrected chi connectivity index (χ1v) is 6.37. The highest BCUT2D eigenvalue weighted by atomic mass is 35.5. The van der Waals surface area contributed by atoms with Crippen molar-refractivity contribution >= 4 is 23.3 Å². The van der Waals surface area contributed by atoms with E-state index in [1.807, 2.05) is 25.1 Å². The Labute approximate surface area is 107 Å². The molecule has 1 saturated carbocycles. The first kappa shape index (κ1) is 12.2. The Morgan fingerprint density at radius 3 is 2.76 bits per heavy atom.